The molecule has 4 aromatic rings. The molecule has 2 heterocycles. The van der Waals surface area contributed by atoms with Crippen molar-refractivity contribution in [1.29, 1.82) is 0 Å². The van der Waals surface area contributed by atoms with Crippen LogP contribution in [0.15, 0.2) is 65.2 Å². The molecule has 0 fully saturated rings. The molecule has 0 bridgehead atoms. The van der Waals surface area contributed by atoms with Crippen LogP contribution in [0.3, 0.4) is 0 Å². The van der Waals surface area contributed by atoms with Gasteiger partial charge in [-0.05, 0) is 55.1 Å². The zero-order valence-electron chi connectivity index (χ0n) is 18.8. The van der Waals surface area contributed by atoms with Crippen LogP contribution in [-0.4, -0.2) is 37.0 Å². The number of halogens is 1. The molecule has 5 nitrogen and oxygen atoms in total. The van der Waals surface area contributed by atoms with Gasteiger partial charge in [0.1, 0.15) is 17.2 Å². The summed E-state index contributed by atoms with van der Waals surface area (Å²) in [7, 11) is 5.80. The Morgan fingerprint density at radius 1 is 1.06 bits per heavy atom. The third kappa shape index (κ3) is 5.71. The predicted molar refractivity (Wildman–Crippen MR) is 133 cm³/mol. The predicted octanol–water partition coefficient (Wildman–Crippen LogP) is 6.61. The van der Waals surface area contributed by atoms with E-state index in [0.29, 0.717) is 27.8 Å². The van der Waals surface area contributed by atoms with E-state index < -0.39 is 0 Å². The molecule has 0 spiro atoms. The lowest BCUT2D eigenvalue weighted by Gasteiger charge is -2.16. The van der Waals surface area contributed by atoms with E-state index in [-0.39, 0.29) is 5.78 Å². The van der Waals surface area contributed by atoms with Crippen LogP contribution in [0.4, 0.5) is 0 Å². The summed E-state index contributed by atoms with van der Waals surface area (Å²) < 4.78 is 11.5. The van der Waals surface area contributed by atoms with Crippen molar-refractivity contribution in [2.24, 2.45) is 0 Å². The minimum Gasteiger partial charge on any atom is -0.497 e. The van der Waals surface area contributed by atoms with Crippen LogP contribution in [0.25, 0.3) is 22.4 Å². The van der Waals surface area contributed by atoms with Crippen LogP contribution in [0, 0.1) is 0 Å². The standard InChI is InChI=1S/C26H25ClN2O3S/c1-29(2)16-19-8-9-20(31-3)14-22(19)17-4-6-18(7-5-17)23-15-21(32-28-23)10-11-24(30)25-12-13-26(27)33-25/h4-9,12-15H,10-11,16H2,1-3H3. The molecule has 0 radical (unpaired) electrons. The average molecular weight is 481 g/mol. The Labute approximate surface area is 202 Å². The van der Waals surface area contributed by atoms with Crippen molar-refractivity contribution in [3.8, 4) is 28.1 Å². The van der Waals surface area contributed by atoms with Gasteiger partial charge in [-0.2, -0.15) is 0 Å². The van der Waals surface area contributed by atoms with E-state index in [2.05, 4.69) is 48.4 Å². The molecule has 0 N–H and O–H groups in total. The van der Waals surface area contributed by atoms with Crippen LogP contribution in [-0.2, 0) is 13.0 Å². The van der Waals surface area contributed by atoms with Crippen molar-refractivity contribution in [3.63, 3.8) is 0 Å². The molecule has 2 aromatic heterocycles. The minimum atomic E-state index is 0.0565. The van der Waals surface area contributed by atoms with E-state index in [1.54, 1.807) is 19.2 Å². The molecule has 0 aliphatic rings. The maximum absolute atomic E-state index is 12.3. The summed E-state index contributed by atoms with van der Waals surface area (Å²) >= 11 is 7.22. The summed E-state index contributed by atoms with van der Waals surface area (Å²) in [6.45, 7) is 0.837. The number of nitrogens with zero attached hydrogens (tertiary/aromatic N) is 2. The van der Waals surface area contributed by atoms with Crippen molar-refractivity contribution in [3.05, 3.63) is 81.2 Å². The number of methoxy groups -OCH3 is 1. The van der Waals surface area contributed by atoms with Gasteiger partial charge < -0.3 is 14.2 Å². The van der Waals surface area contributed by atoms with Gasteiger partial charge in [0, 0.05) is 31.0 Å². The van der Waals surface area contributed by atoms with Crippen LogP contribution < -0.4 is 4.74 Å². The first-order chi connectivity index (χ1) is 15.9. The first-order valence-corrected chi connectivity index (χ1v) is 11.8. The third-order valence-electron chi connectivity index (χ3n) is 5.30. The fraction of sp³-hybridized carbons (Fsp3) is 0.231. The number of aromatic nitrogens is 1. The van der Waals surface area contributed by atoms with E-state index in [1.807, 2.05) is 24.3 Å². The number of aryl methyl sites for hydroxylation is 1. The van der Waals surface area contributed by atoms with Gasteiger partial charge in [0.25, 0.3) is 0 Å². The first-order valence-electron chi connectivity index (χ1n) is 10.6. The van der Waals surface area contributed by atoms with Crippen molar-refractivity contribution < 1.29 is 14.1 Å². The van der Waals surface area contributed by atoms with Gasteiger partial charge in [-0.15, -0.1) is 11.3 Å². The summed E-state index contributed by atoms with van der Waals surface area (Å²) in [5.41, 5.74) is 5.19. The molecule has 0 amide bonds. The molecule has 0 aliphatic carbocycles. The highest BCUT2D eigenvalue weighted by Crippen LogP contribution is 2.31. The number of Topliss-reactive ketones (excluding diaryl/α,β-unsaturated/α-hetero) is 1. The molecule has 0 atom stereocenters. The SMILES string of the molecule is COc1ccc(CN(C)C)c(-c2ccc(-c3cc(CCC(=O)c4ccc(Cl)s4)on3)cc2)c1. The van der Waals surface area contributed by atoms with Gasteiger partial charge in [0.05, 0.1) is 16.3 Å². The second kappa shape index (κ2) is 10.3. The lowest BCUT2D eigenvalue weighted by atomic mass is 9.97. The molecule has 0 saturated carbocycles. The summed E-state index contributed by atoms with van der Waals surface area (Å²) in [6.07, 6.45) is 0.853. The Bertz CT molecular complexity index is 1240. The van der Waals surface area contributed by atoms with Crippen molar-refractivity contribution in [2.75, 3.05) is 21.2 Å². The maximum Gasteiger partial charge on any atom is 0.173 e. The lowest BCUT2D eigenvalue weighted by Crippen LogP contribution is -2.11. The Hall–Kier alpha value is -2.93. The average Bonchev–Trinajstić information content (AvgIpc) is 3.47. The van der Waals surface area contributed by atoms with Gasteiger partial charge >= 0.3 is 0 Å². The quantitative estimate of drug-likeness (QED) is 0.252. The number of carbonyl (C=O) groups is 1. The second-order valence-corrected chi connectivity index (χ2v) is 9.76. The number of hydrogen-bond donors (Lipinski definition) is 0. The van der Waals surface area contributed by atoms with Gasteiger partial charge in [0.15, 0.2) is 5.78 Å². The lowest BCUT2D eigenvalue weighted by molar-refractivity contribution is 0.0984. The Morgan fingerprint density at radius 3 is 2.48 bits per heavy atom. The Balaban J connectivity index is 1.48. The summed E-state index contributed by atoms with van der Waals surface area (Å²) in [5, 5.41) is 4.20. The van der Waals surface area contributed by atoms with Crippen LogP contribution in [0.2, 0.25) is 4.34 Å². The Kier molecular flexibility index (Phi) is 7.28. The van der Waals surface area contributed by atoms with Crippen molar-refractivity contribution in [2.45, 2.75) is 19.4 Å². The maximum atomic E-state index is 12.3. The van der Waals surface area contributed by atoms with Crippen molar-refractivity contribution >= 4 is 28.7 Å². The number of carbonyl (C=O) groups excluding carboxylic acids is 1. The van der Waals surface area contributed by atoms with Crippen LogP contribution in [0.5, 0.6) is 5.75 Å². The highest BCUT2D eigenvalue weighted by Gasteiger charge is 2.13. The smallest absolute Gasteiger partial charge is 0.173 e. The minimum absolute atomic E-state index is 0.0565. The van der Waals surface area contributed by atoms with Gasteiger partial charge in [-0.3, -0.25) is 4.79 Å². The molecular weight excluding hydrogens is 456 g/mol. The normalized spacial score (nSPS) is 11.2. The molecule has 0 aliphatic heterocycles. The fourth-order valence-corrected chi connectivity index (χ4v) is 4.65. The monoisotopic (exact) mass is 480 g/mol. The Morgan fingerprint density at radius 2 is 1.82 bits per heavy atom. The molecule has 170 valence electrons. The molecule has 2 aromatic carbocycles. The van der Waals surface area contributed by atoms with Gasteiger partial charge in [-0.25, -0.2) is 0 Å². The van der Waals surface area contributed by atoms with E-state index in [1.165, 1.54) is 16.9 Å². The molecule has 7 heteroatoms. The molecule has 4 rings (SSSR count). The zero-order valence-corrected chi connectivity index (χ0v) is 20.4. The van der Waals surface area contributed by atoms with E-state index >= 15 is 0 Å². The zero-order chi connectivity index (χ0) is 23.4. The molecule has 0 saturated heterocycles. The number of rotatable bonds is 9. The number of ether oxygens (including phenoxy) is 1. The van der Waals surface area contributed by atoms with Gasteiger partial charge in [-0.1, -0.05) is 47.1 Å². The molecule has 33 heavy (non-hydrogen) atoms. The van der Waals surface area contributed by atoms with Crippen LogP contribution in [0.1, 0.15) is 27.4 Å². The highest BCUT2D eigenvalue weighted by molar-refractivity contribution is 7.18. The number of ketones is 1. The topological polar surface area (TPSA) is 55.6 Å². The number of hydrogen-bond acceptors (Lipinski definition) is 6. The van der Waals surface area contributed by atoms with E-state index in [9.17, 15) is 4.79 Å². The number of benzene rings is 2. The summed E-state index contributed by atoms with van der Waals surface area (Å²) in [6, 6.07) is 19.8. The van der Waals surface area contributed by atoms with Crippen molar-refractivity contribution in [1.82, 2.24) is 10.1 Å². The molecule has 0 unspecified atom stereocenters. The molecular formula is C26H25ClN2O3S. The van der Waals surface area contributed by atoms with E-state index in [0.717, 1.165) is 34.7 Å². The summed E-state index contributed by atoms with van der Waals surface area (Å²) in [4.78, 5) is 15.1. The van der Waals surface area contributed by atoms with Gasteiger partial charge in [0.2, 0.25) is 0 Å². The third-order valence-corrected chi connectivity index (χ3v) is 6.57. The second-order valence-electron chi connectivity index (χ2n) is 8.04. The largest absolute Gasteiger partial charge is 0.497 e. The van der Waals surface area contributed by atoms with E-state index in [4.69, 9.17) is 20.9 Å². The fourth-order valence-electron chi connectivity index (χ4n) is 3.64. The van der Waals surface area contributed by atoms with Crippen LogP contribution >= 0.6 is 22.9 Å². The first kappa shape index (κ1) is 23.2. The summed E-state index contributed by atoms with van der Waals surface area (Å²) in [5.74, 6) is 1.57. The number of thiophene rings is 1. The highest BCUT2D eigenvalue weighted by atomic mass is 35.5.